The summed E-state index contributed by atoms with van der Waals surface area (Å²) >= 11 is 7.08. The molecule has 0 saturated heterocycles. The fraction of sp³-hybridized carbons (Fsp3) is 0.182. The van der Waals surface area contributed by atoms with Crippen LogP contribution in [0.3, 0.4) is 0 Å². The number of halogens is 1. The van der Waals surface area contributed by atoms with Gasteiger partial charge in [-0.2, -0.15) is 0 Å². The number of aromatic carboxylic acids is 1. The maximum Gasteiger partial charge on any atom is 0.345 e. The molecule has 0 radical (unpaired) electrons. The number of amides is 1. The number of ether oxygens (including phenoxy) is 1. The monoisotopic (exact) mass is 470 g/mol. The minimum absolute atomic E-state index is 0.159. The number of benzene rings is 2. The van der Waals surface area contributed by atoms with Gasteiger partial charge in [-0.25, -0.2) is 9.48 Å². The van der Waals surface area contributed by atoms with Crippen molar-refractivity contribution >= 4 is 44.9 Å². The molecule has 164 valence electrons. The van der Waals surface area contributed by atoms with Crippen LogP contribution in [0, 0.1) is 0 Å². The third-order valence-corrected chi connectivity index (χ3v) is 6.04. The third kappa shape index (κ3) is 4.58. The Hall–Kier alpha value is -3.43. The van der Waals surface area contributed by atoms with Crippen LogP contribution >= 0.6 is 22.9 Å². The standard InChI is InChI=1S/C22H19ClN4O4S/c1-22(2,31-15-8-6-13(23)7-9-15)21(30)24-11-14-12-27(26-25-14)17-4-3-5-18-16(17)10-19(32-18)20(28)29/h3-10,12H,11H2,1-2H3,(H,24,30)(H,28,29). The van der Waals surface area contributed by atoms with Crippen LogP contribution in [0.1, 0.15) is 29.2 Å². The first-order chi connectivity index (χ1) is 15.2. The van der Waals surface area contributed by atoms with Crippen molar-refractivity contribution < 1.29 is 19.4 Å². The lowest BCUT2D eigenvalue weighted by atomic mass is 10.1. The number of carbonyl (C=O) groups is 2. The Bertz CT molecular complexity index is 1300. The summed E-state index contributed by atoms with van der Waals surface area (Å²) in [6.45, 7) is 3.50. The van der Waals surface area contributed by atoms with Crippen molar-refractivity contribution in [3.63, 3.8) is 0 Å². The summed E-state index contributed by atoms with van der Waals surface area (Å²) in [5.74, 6) is -0.749. The molecule has 4 rings (SSSR count). The van der Waals surface area contributed by atoms with Crippen molar-refractivity contribution in [2.75, 3.05) is 0 Å². The zero-order valence-electron chi connectivity index (χ0n) is 17.2. The molecule has 0 aliphatic carbocycles. The van der Waals surface area contributed by atoms with Gasteiger partial charge < -0.3 is 15.2 Å². The molecule has 2 aromatic carbocycles. The molecule has 8 nitrogen and oxygen atoms in total. The van der Waals surface area contributed by atoms with E-state index in [1.807, 2.05) is 18.2 Å². The van der Waals surface area contributed by atoms with Crippen molar-refractivity contribution in [2.45, 2.75) is 26.0 Å². The fourth-order valence-corrected chi connectivity index (χ4v) is 4.12. The molecular formula is C22H19ClN4O4S. The number of hydrogen-bond donors (Lipinski definition) is 2. The van der Waals surface area contributed by atoms with Crippen molar-refractivity contribution in [3.05, 3.63) is 70.3 Å². The normalized spacial score (nSPS) is 11.5. The molecule has 0 atom stereocenters. The molecule has 32 heavy (non-hydrogen) atoms. The fourth-order valence-electron chi connectivity index (χ4n) is 3.08. The molecule has 10 heteroatoms. The van der Waals surface area contributed by atoms with Gasteiger partial charge in [-0.05, 0) is 56.3 Å². The Morgan fingerprint density at radius 2 is 1.97 bits per heavy atom. The predicted molar refractivity (Wildman–Crippen MR) is 122 cm³/mol. The minimum atomic E-state index is -1.11. The number of carboxylic acids is 1. The van der Waals surface area contributed by atoms with Gasteiger partial charge in [0.1, 0.15) is 16.3 Å². The molecule has 0 saturated carbocycles. The summed E-state index contributed by atoms with van der Waals surface area (Å²) in [6.07, 6.45) is 1.69. The lowest BCUT2D eigenvalue weighted by Gasteiger charge is -2.25. The van der Waals surface area contributed by atoms with Crippen LogP contribution in [0.2, 0.25) is 5.02 Å². The first-order valence-electron chi connectivity index (χ1n) is 9.63. The molecule has 2 N–H and O–H groups in total. The highest BCUT2D eigenvalue weighted by Gasteiger charge is 2.30. The largest absolute Gasteiger partial charge is 0.478 e. The maximum atomic E-state index is 12.7. The van der Waals surface area contributed by atoms with Gasteiger partial charge in [0.05, 0.1) is 18.4 Å². The minimum Gasteiger partial charge on any atom is -0.478 e. The van der Waals surface area contributed by atoms with Crippen LogP contribution < -0.4 is 10.1 Å². The Labute approximate surface area is 192 Å². The number of fused-ring (bicyclic) bond motifs is 1. The topological polar surface area (TPSA) is 106 Å². The second kappa shape index (κ2) is 8.60. The van der Waals surface area contributed by atoms with Gasteiger partial charge in [0, 0.05) is 15.1 Å². The molecule has 0 spiro atoms. The van der Waals surface area contributed by atoms with Crippen LogP contribution in [0.5, 0.6) is 5.75 Å². The van der Waals surface area contributed by atoms with Gasteiger partial charge in [0.2, 0.25) is 0 Å². The van der Waals surface area contributed by atoms with E-state index in [1.54, 1.807) is 55.1 Å². The number of rotatable bonds is 7. The second-order valence-corrected chi connectivity index (χ2v) is 9.03. The van der Waals surface area contributed by atoms with Crippen molar-refractivity contribution in [3.8, 4) is 11.4 Å². The van der Waals surface area contributed by atoms with Crippen molar-refractivity contribution in [1.82, 2.24) is 20.3 Å². The molecular weight excluding hydrogens is 452 g/mol. The molecule has 1 amide bonds. The summed E-state index contributed by atoms with van der Waals surface area (Å²) in [4.78, 5) is 24.2. The molecule has 4 aromatic rings. The highest BCUT2D eigenvalue weighted by atomic mass is 35.5. The number of nitrogens with zero attached hydrogens (tertiary/aromatic N) is 3. The van der Waals surface area contributed by atoms with Crippen LogP contribution in [0.4, 0.5) is 0 Å². The quantitative estimate of drug-likeness (QED) is 0.417. The average Bonchev–Trinajstić information content (AvgIpc) is 3.40. The number of thiophene rings is 1. The Morgan fingerprint density at radius 1 is 1.22 bits per heavy atom. The number of carboxylic acid groups (broad SMARTS) is 1. The highest BCUT2D eigenvalue weighted by Crippen LogP contribution is 2.30. The summed E-state index contributed by atoms with van der Waals surface area (Å²) < 4.78 is 8.20. The third-order valence-electron chi connectivity index (χ3n) is 4.70. The SMILES string of the molecule is CC(C)(Oc1ccc(Cl)cc1)C(=O)NCc1cn(-c2cccc3sc(C(=O)O)cc23)nn1. The van der Waals surface area contributed by atoms with Gasteiger partial charge in [0.25, 0.3) is 5.91 Å². The Balaban J connectivity index is 1.45. The van der Waals surface area contributed by atoms with E-state index in [-0.39, 0.29) is 17.3 Å². The first-order valence-corrected chi connectivity index (χ1v) is 10.8. The van der Waals surface area contributed by atoms with E-state index >= 15 is 0 Å². The van der Waals surface area contributed by atoms with Crippen molar-refractivity contribution in [2.24, 2.45) is 0 Å². The number of aromatic nitrogens is 3. The zero-order chi connectivity index (χ0) is 22.9. The van der Waals surface area contributed by atoms with Gasteiger partial charge in [-0.1, -0.05) is 22.9 Å². The molecule has 0 aliphatic heterocycles. The van der Waals surface area contributed by atoms with Gasteiger partial charge in [-0.15, -0.1) is 16.4 Å². The van der Waals surface area contributed by atoms with Crippen LogP contribution in [-0.4, -0.2) is 37.6 Å². The molecule has 2 aromatic heterocycles. The highest BCUT2D eigenvalue weighted by molar-refractivity contribution is 7.20. The predicted octanol–water partition coefficient (Wildman–Crippen LogP) is 4.31. The summed E-state index contributed by atoms with van der Waals surface area (Å²) in [5.41, 5.74) is 0.147. The van der Waals surface area contributed by atoms with E-state index in [1.165, 1.54) is 11.3 Å². The van der Waals surface area contributed by atoms with Gasteiger partial charge in [0.15, 0.2) is 5.60 Å². The van der Waals surface area contributed by atoms with Gasteiger partial charge in [-0.3, -0.25) is 4.79 Å². The second-order valence-electron chi connectivity index (χ2n) is 7.51. The first kappa shape index (κ1) is 21.8. The molecule has 0 unspecified atom stereocenters. The van der Waals surface area contributed by atoms with E-state index in [2.05, 4.69) is 15.6 Å². The summed E-state index contributed by atoms with van der Waals surface area (Å²) in [7, 11) is 0. The van der Waals surface area contributed by atoms with E-state index in [4.69, 9.17) is 16.3 Å². The number of carbonyl (C=O) groups excluding carboxylic acids is 1. The molecule has 0 fully saturated rings. The summed E-state index contributed by atoms with van der Waals surface area (Å²) in [6, 6.07) is 13.9. The lowest BCUT2D eigenvalue weighted by molar-refractivity contribution is -0.134. The zero-order valence-corrected chi connectivity index (χ0v) is 18.8. The average molecular weight is 471 g/mol. The smallest absolute Gasteiger partial charge is 0.345 e. The maximum absolute atomic E-state index is 12.7. The lowest BCUT2D eigenvalue weighted by Crippen LogP contribution is -2.46. The van der Waals surface area contributed by atoms with Crippen LogP contribution in [0.15, 0.2) is 54.7 Å². The van der Waals surface area contributed by atoms with Crippen LogP contribution in [0.25, 0.3) is 15.8 Å². The van der Waals surface area contributed by atoms with Crippen LogP contribution in [-0.2, 0) is 11.3 Å². The van der Waals surface area contributed by atoms with E-state index in [9.17, 15) is 14.7 Å². The summed E-state index contributed by atoms with van der Waals surface area (Å²) in [5, 5.41) is 21.7. The van der Waals surface area contributed by atoms with E-state index in [0.717, 1.165) is 10.1 Å². The Kier molecular flexibility index (Phi) is 5.86. The van der Waals surface area contributed by atoms with E-state index < -0.39 is 11.6 Å². The van der Waals surface area contributed by atoms with Crippen molar-refractivity contribution in [1.29, 1.82) is 0 Å². The molecule has 0 bridgehead atoms. The Morgan fingerprint density at radius 3 is 2.69 bits per heavy atom. The number of nitrogens with one attached hydrogen (secondary N) is 1. The molecule has 2 heterocycles. The van der Waals surface area contributed by atoms with E-state index in [0.29, 0.717) is 22.2 Å². The number of hydrogen-bond acceptors (Lipinski definition) is 6. The van der Waals surface area contributed by atoms with Gasteiger partial charge >= 0.3 is 5.97 Å². The molecule has 0 aliphatic rings.